The zero-order valence-corrected chi connectivity index (χ0v) is 21.4. The summed E-state index contributed by atoms with van der Waals surface area (Å²) in [6.45, 7) is 2.52. The number of carbonyl (C=O) groups is 2. The molecule has 0 spiro atoms. The molecule has 0 radical (unpaired) electrons. The lowest BCUT2D eigenvalue weighted by Crippen LogP contribution is -2.33. The fourth-order valence-corrected chi connectivity index (χ4v) is 6.34. The largest absolute Gasteiger partial charge is 0.375 e. The smallest absolute Gasteiger partial charge is 0.257 e. The van der Waals surface area contributed by atoms with Crippen LogP contribution >= 0.6 is 22.9 Å². The van der Waals surface area contributed by atoms with Gasteiger partial charge in [0.15, 0.2) is 5.13 Å². The minimum Gasteiger partial charge on any atom is -0.375 e. The van der Waals surface area contributed by atoms with E-state index in [-0.39, 0.29) is 29.3 Å². The predicted octanol–water partition coefficient (Wildman–Crippen LogP) is 4.17. The fourth-order valence-electron chi connectivity index (χ4n) is 4.93. The van der Waals surface area contributed by atoms with Crippen LogP contribution in [0.4, 0.5) is 5.13 Å². The maximum atomic E-state index is 13.3. The Bertz CT molecular complexity index is 1190. The summed E-state index contributed by atoms with van der Waals surface area (Å²) in [6.07, 6.45) is 7.82. The second-order valence-corrected chi connectivity index (χ2v) is 10.8. The Morgan fingerprint density at radius 3 is 2.94 bits per heavy atom. The highest BCUT2D eigenvalue weighted by molar-refractivity contribution is 7.15. The van der Waals surface area contributed by atoms with Gasteiger partial charge in [0.25, 0.3) is 11.8 Å². The number of likely N-dealkylation sites (N-methyl/N-ethyl adjacent to an activating group) is 1. The number of thiazole rings is 1. The van der Waals surface area contributed by atoms with Gasteiger partial charge in [-0.25, -0.2) is 4.98 Å². The van der Waals surface area contributed by atoms with Crippen molar-refractivity contribution in [3.05, 3.63) is 69.8 Å². The molecule has 1 saturated heterocycles. The van der Waals surface area contributed by atoms with E-state index < -0.39 is 0 Å². The van der Waals surface area contributed by atoms with Crippen LogP contribution in [0.25, 0.3) is 0 Å². The quantitative estimate of drug-likeness (QED) is 0.609. The molecule has 3 atom stereocenters. The molecule has 0 bridgehead atoms. The molecule has 9 heteroatoms. The van der Waals surface area contributed by atoms with Crippen molar-refractivity contribution >= 4 is 39.9 Å². The van der Waals surface area contributed by atoms with Gasteiger partial charge in [0, 0.05) is 49.2 Å². The molecule has 3 unspecified atom stereocenters. The number of nitrogens with zero attached hydrogens (tertiary/aromatic N) is 3. The Hall–Kier alpha value is -2.52. The molecule has 1 aliphatic carbocycles. The van der Waals surface area contributed by atoms with Crippen molar-refractivity contribution in [3.8, 4) is 0 Å². The van der Waals surface area contributed by atoms with Crippen molar-refractivity contribution in [1.82, 2.24) is 14.8 Å². The molecule has 3 aliphatic rings. The van der Waals surface area contributed by atoms with Gasteiger partial charge >= 0.3 is 0 Å². The van der Waals surface area contributed by atoms with E-state index in [1.165, 1.54) is 4.88 Å². The number of hydrogen-bond donors (Lipinski definition) is 1. The second kappa shape index (κ2) is 10.2. The van der Waals surface area contributed by atoms with Crippen LogP contribution in [0, 0.1) is 0 Å². The van der Waals surface area contributed by atoms with E-state index in [4.69, 9.17) is 16.3 Å². The molecule has 7 nitrogen and oxygen atoms in total. The highest BCUT2D eigenvalue weighted by atomic mass is 35.5. The Morgan fingerprint density at radius 1 is 1.29 bits per heavy atom. The molecular weight excluding hydrogens is 484 g/mol. The standard InChI is InChI=1S/C26H29ClN4O3S/c1-30-12-10-20-23(15-30)35-26(28-20)29-24(32)17-6-3-5-16(13-17)21-7-4-11-31(21)25(33)18-8-9-22(34-2)19(27)14-18/h3,5-6,8-9,13-14,19,21-22H,4,7,10-12,15H2,1-2H3,(H,28,29,32). The summed E-state index contributed by atoms with van der Waals surface area (Å²) in [4.78, 5) is 36.3. The summed E-state index contributed by atoms with van der Waals surface area (Å²) in [7, 11) is 3.70. The van der Waals surface area contributed by atoms with Crippen molar-refractivity contribution < 1.29 is 14.3 Å². The van der Waals surface area contributed by atoms with E-state index in [1.54, 1.807) is 36.7 Å². The second-order valence-electron chi connectivity index (χ2n) is 9.24. The lowest BCUT2D eigenvalue weighted by Gasteiger charge is -2.28. The van der Waals surface area contributed by atoms with E-state index in [9.17, 15) is 9.59 Å². The first-order valence-electron chi connectivity index (χ1n) is 11.9. The van der Waals surface area contributed by atoms with Gasteiger partial charge in [0.05, 0.1) is 23.2 Å². The summed E-state index contributed by atoms with van der Waals surface area (Å²) in [5.74, 6) is -0.229. The van der Waals surface area contributed by atoms with Gasteiger partial charge in [-0.3, -0.25) is 14.9 Å². The van der Waals surface area contributed by atoms with Crippen molar-refractivity contribution in [2.24, 2.45) is 0 Å². The van der Waals surface area contributed by atoms with Crippen LogP contribution in [-0.4, -0.2) is 65.3 Å². The van der Waals surface area contributed by atoms with Crippen LogP contribution in [0.1, 0.15) is 45.4 Å². The third kappa shape index (κ3) is 5.07. The van der Waals surface area contributed by atoms with Gasteiger partial charge in [-0.1, -0.05) is 30.4 Å². The SMILES string of the molecule is COC1C=CC(C(=O)N2CCCC2c2cccc(C(=O)Nc3nc4c(s3)CN(C)CC4)c2)=CC1Cl. The number of nitrogens with one attached hydrogen (secondary N) is 1. The molecule has 184 valence electrons. The molecule has 1 fully saturated rings. The third-order valence-electron chi connectivity index (χ3n) is 6.83. The normalized spacial score (nSPS) is 24.3. The molecular formula is C26H29ClN4O3S. The Morgan fingerprint density at radius 2 is 2.14 bits per heavy atom. The lowest BCUT2D eigenvalue weighted by molar-refractivity contribution is -0.127. The minimum absolute atomic E-state index is 0.0443. The van der Waals surface area contributed by atoms with E-state index >= 15 is 0 Å². The summed E-state index contributed by atoms with van der Waals surface area (Å²) in [5, 5.41) is 3.23. The topological polar surface area (TPSA) is 74.8 Å². The Labute approximate surface area is 214 Å². The maximum absolute atomic E-state index is 13.3. The number of methoxy groups -OCH3 is 1. The number of aromatic nitrogens is 1. The molecule has 3 heterocycles. The molecule has 2 aliphatic heterocycles. The number of amides is 2. The number of hydrogen-bond acceptors (Lipinski definition) is 6. The fraction of sp³-hybridized carbons (Fsp3) is 0.423. The summed E-state index contributed by atoms with van der Waals surface area (Å²) < 4.78 is 5.32. The number of benzene rings is 1. The molecule has 2 amide bonds. The third-order valence-corrected chi connectivity index (χ3v) is 8.20. The highest BCUT2D eigenvalue weighted by Gasteiger charge is 2.33. The zero-order chi connectivity index (χ0) is 24.5. The number of rotatable bonds is 5. The van der Waals surface area contributed by atoms with Crippen molar-refractivity contribution in [2.45, 2.75) is 43.3 Å². The molecule has 1 aromatic carbocycles. The van der Waals surface area contributed by atoms with Gasteiger partial charge in [0.2, 0.25) is 0 Å². The van der Waals surface area contributed by atoms with E-state index in [1.807, 2.05) is 29.2 Å². The lowest BCUT2D eigenvalue weighted by atomic mass is 9.99. The molecule has 5 rings (SSSR count). The summed E-state index contributed by atoms with van der Waals surface area (Å²) in [6, 6.07) is 7.48. The van der Waals surface area contributed by atoms with E-state index in [0.717, 1.165) is 43.6 Å². The van der Waals surface area contributed by atoms with Crippen LogP contribution in [0.5, 0.6) is 0 Å². The zero-order valence-electron chi connectivity index (χ0n) is 19.9. The number of carbonyl (C=O) groups excluding carboxylic acids is 2. The van der Waals surface area contributed by atoms with Gasteiger partial charge in [-0.15, -0.1) is 22.9 Å². The first-order valence-corrected chi connectivity index (χ1v) is 13.1. The molecule has 35 heavy (non-hydrogen) atoms. The van der Waals surface area contributed by atoms with Crippen molar-refractivity contribution in [1.29, 1.82) is 0 Å². The van der Waals surface area contributed by atoms with Gasteiger partial charge < -0.3 is 14.5 Å². The number of halogens is 1. The molecule has 2 aromatic rings. The molecule has 0 saturated carbocycles. The Kier molecular flexibility index (Phi) is 7.07. The number of anilines is 1. The summed E-state index contributed by atoms with van der Waals surface area (Å²) in [5.41, 5.74) is 3.19. The van der Waals surface area contributed by atoms with Crippen molar-refractivity contribution in [3.63, 3.8) is 0 Å². The predicted molar refractivity (Wildman–Crippen MR) is 138 cm³/mol. The monoisotopic (exact) mass is 512 g/mol. The van der Waals surface area contributed by atoms with E-state index in [2.05, 4.69) is 22.2 Å². The number of likely N-dealkylation sites (tertiary alicyclic amines) is 1. The van der Waals surface area contributed by atoms with Crippen LogP contribution in [0.2, 0.25) is 0 Å². The maximum Gasteiger partial charge on any atom is 0.257 e. The molecule has 1 N–H and O–H groups in total. The average molecular weight is 513 g/mol. The van der Waals surface area contributed by atoms with Crippen LogP contribution in [-0.2, 0) is 22.5 Å². The minimum atomic E-state index is -0.381. The average Bonchev–Trinajstić information content (AvgIpc) is 3.50. The molecule has 1 aromatic heterocycles. The number of alkyl halides is 1. The van der Waals surface area contributed by atoms with Gasteiger partial charge in [-0.2, -0.15) is 0 Å². The van der Waals surface area contributed by atoms with Gasteiger partial charge in [0.1, 0.15) is 0 Å². The van der Waals surface area contributed by atoms with Gasteiger partial charge in [-0.05, 0) is 37.6 Å². The summed E-state index contributed by atoms with van der Waals surface area (Å²) >= 11 is 7.91. The van der Waals surface area contributed by atoms with E-state index in [0.29, 0.717) is 22.8 Å². The number of ether oxygens (including phenoxy) is 1. The van der Waals surface area contributed by atoms with Crippen molar-refractivity contribution in [2.75, 3.05) is 32.6 Å². The highest BCUT2D eigenvalue weighted by Crippen LogP contribution is 2.35. The van der Waals surface area contributed by atoms with Crippen LogP contribution < -0.4 is 5.32 Å². The first-order chi connectivity index (χ1) is 16.9. The van der Waals surface area contributed by atoms with Crippen LogP contribution in [0.15, 0.2) is 48.1 Å². The van der Waals surface area contributed by atoms with Crippen LogP contribution in [0.3, 0.4) is 0 Å². The Balaban J connectivity index is 1.30. The number of fused-ring (bicyclic) bond motifs is 1. The first kappa shape index (κ1) is 24.2.